The van der Waals surface area contributed by atoms with Crippen LogP contribution in [0, 0.1) is 0 Å². The summed E-state index contributed by atoms with van der Waals surface area (Å²) in [5.41, 5.74) is 0. The highest BCUT2D eigenvalue weighted by Crippen LogP contribution is 1.45. The van der Waals surface area contributed by atoms with Crippen molar-refractivity contribution >= 4 is 5.97 Å². The van der Waals surface area contributed by atoms with Crippen molar-refractivity contribution in [1.29, 1.82) is 0 Å². The third-order valence-corrected chi connectivity index (χ3v) is 0. The van der Waals surface area contributed by atoms with Gasteiger partial charge < -0.3 is 0 Å². The van der Waals surface area contributed by atoms with Gasteiger partial charge in [-0.15, -0.1) is 0 Å². The Hall–Kier alpha value is -0.530. The molecule has 0 aliphatic carbocycles. The summed E-state index contributed by atoms with van der Waals surface area (Å²) >= 11 is 0. The molecule has 2 nitrogen and oxygen atoms in total. The maximum absolute atomic E-state index is 8.89. The topological polar surface area (TPSA) is 37.0 Å². The van der Waals surface area contributed by atoms with Gasteiger partial charge in [-0.1, -0.05) is 0 Å². The number of carbonyl (C=O) groups excluding carboxylic acids is 1. The van der Waals surface area contributed by atoms with Crippen LogP contribution in [-0.2, 0) is 9.90 Å². The van der Waals surface area contributed by atoms with Crippen LogP contribution in [0.3, 0.4) is 0 Å². The summed E-state index contributed by atoms with van der Waals surface area (Å²) in [6, 6.07) is 0. The van der Waals surface area contributed by atoms with Crippen LogP contribution in [0.25, 0.3) is 0 Å². The van der Waals surface area contributed by atoms with Gasteiger partial charge in [0.15, 0.2) is 0 Å². The summed E-state index contributed by atoms with van der Waals surface area (Å²) in [7, 11) is 0. The largest absolute Gasteiger partial charge is 0.352 e. The van der Waals surface area contributed by atoms with Crippen molar-refractivity contribution in [2.75, 3.05) is 0 Å². The monoisotopic (exact) mass is 46.0 g/mol. The molecule has 1 radical (unpaired) electrons. The molecule has 0 fully saturated rings. The molecule has 0 rings (SSSR count). The lowest BCUT2D eigenvalue weighted by molar-refractivity contribution is -0.140. The van der Waals surface area contributed by atoms with Crippen LogP contribution in [0.1, 0.15) is 6.92 Å². The number of hydrogen-bond donors (Lipinski definition) is 0. The van der Waals surface area contributed by atoms with Crippen molar-refractivity contribution < 1.29 is 9.90 Å². The molecule has 0 aliphatic rings. The third kappa shape index (κ3) is 1.16. The molecule has 0 bridgehead atoms. The Morgan fingerprint density at radius 2 is 2.00 bits per heavy atom. The summed E-state index contributed by atoms with van der Waals surface area (Å²) in [5, 5.41) is 8.89. The molecule has 23 valence electrons. The first-order valence-corrected chi connectivity index (χ1v) is 0.908. The molecule has 0 aromatic heterocycles. The number of hydrogen-bond acceptors (Lipinski definition) is 1. The van der Waals surface area contributed by atoms with Gasteiger partial charge >= 0.3 is 5.97 Å². The summed E-state index contributed by atoms with van der Waals surface area (Å²) in [6.07, 6.45) is 0. The smallest absolute Gasteiger partial charge is 0.248 e. The van der Waals surface area contributed by atoms with E-state index >= 15 is 0 Å². The Kier molecular flexibility index (Phi) is 0.759. The van der Waals surface area contributed by atoms with Gasteiger partial charge in [-0.25, -0.2) is 9.90 Å². The van der Waals surface area contributed by atoms with E-state index < -0.39 is 5.97 Å². The molecule has 0 atom stereocenters. The lowest BCUT2D eigenvalue weighted by atomic mass is 2.89. The van der Waals surface area contributed by atoms with Crippen LogP contribution in [0.15, 0.2) is 0 Å². The van der Waals surface area contributed by atoms with E-state index in [2.05, 4.69) is 0 Å². The third-order valence-electron chi connectivity index (χ3n) is 0. The van der Waals surface area contributed by atoms with Crippen LogP contribution < -0.4 is 0 Å². The molecule has 0 spiro atoms. The van der Waals surface area contributed by atoms with Crippen LogP contribution in [-0.4, -0.2) is 5.97 Å². The molecule has 0 saturated heterocycles. The van der Waals surface area contributed by atoms with Crippen LogP contribution in [0.2, 0.25) is 0 Å². The summed E-state index contributed by atoms with van der Waals surface area (Å²) in [5.74, 6) is -1.08. The van der Waals surface area contributed by atoms with Crippen LogP contribution in [0.5, 0.6) is 0 Å². The average Bonchev–Trinajstić information content (AvgIpc) is 0.811. The predicted molar refractivity (Wildman–Crippen MR) is 11.4 cm³/mol. The highest BCUT2D eigenvalue weighted by atomic mass is 16.1. The quantitative estimate of drug-likeness (QED) is 0.377. The van der Waals surface area contributed by atoms with Gasteiger partial charge in [0.2, 0.25) is 0 Å². The fourth-order valence-electron chi connectivity index (χ4n) is 0. The minimum Gasteiger partial charge on any atom is -0.248 e. The summed E-state index contributed by atoms with van der Waals surface area (Å²) < 4.78 is 0. The van der Waals surface area contributed by atoms with E-state index in [9.17, 15) is 0 Å². The van der Waals surface area contributed by atoms with Crippen LogP contribution in [0.4, 0.5) is 0 Å². The van der Waals surface area contributed by atoms with E-state index in [-0.39, 0.29) is 0 Å². The second kappa shape index (κ2) is 0.875. The molecule has 0 heterocycles. The average molecular weight is 46.0 g/mol. The van der Waals surface area contributed by atoms with Crippen molar-refractivity contribution in [1.82, 2.24) is 0 Å². The zero-order chi connectivity index (χ0) is 3.58. The standard InChI is InChI=1S/C2H3O2/c1-2(3)4/h1H3/i3-13. The Labute approximate surface area is 24.1 Å². The van der Waals surface area contributed by atoms with Gasteiger partial charge in [-0.3, -0.25) is 0 Å². The molecule has 0 saturated carbocycles. The van der Waals surface area contributed by atoms with Crippen molar-refractivity contribution in [3.8, 4) is 0 Å². The van der Waals surface area contributed by atoms with Crippen LogP contribution >= 0.6 is 0 Å². The van der Waals surface area contributed by atoms with Gasteiger partial charge in [-0.05, 0) is 0 Å². The molecule has 0 aliphatic heterocycles. The van der Waals surface area contributed by atoms with Gasteiger partial charge in [0.25, 0.3) is 0 Å². The molecule has 0 N–H and O–H groups in total. The molecule has 4 heavy (non-hydrogen) atoms. The normalized spacial score (nSPS) is 6.25. The van der Waals surface area contributed by atoms with E-state index in [0.29, 0.717) is 0 Å². The Morgan fingerprint density at radius 1 is 2.00 bits per heavy atom. The second-order valence-corrected chi connectivity index (χ2v) is 0.492. The maximum Gasteiger partial charge on any atom is 0.352 e. The Bertz CT molecular complexity index is 27.0. The minimum absolute atomic E-state index is 0.972. The molecule has 2 heteroatoms. The molecule has 0 amide bonds. The Morgan fingerprint density at radius 3 is 2.00 bits per heavy atom. The summed E-state index contributed by atoms with van der Waals surface area (Å²) in [6.45, 7) is 0.972. The van der Waals surface area contributed by atoms with E-state index in [0.717, 1.165) is 6.92 Å². The molecule has 0 aromatic rings. The zero-order valence-electron chi connectivity index (χ0n) is 2.32. The second-order valence-electron chi connectivity index (χ2n) is 0.492. The predicted octanol–water partition coefficient (Wildman–Crippen LogP) is -0.0366. The van der Waals surface area contributed by atoms with Gasteiger partial charge in [-0.2, -0.15) is 0 Å². The molecule has 0 unspecified atom stereocenters. The molecular weight excluding hydrogens is 43.0 g/mol. The number of rotatable bonds is 0. The summed E-state index contributed by atoms with van der Waals surface area (Å²) in [4.78, 5) is 8.89. The highest BCUT2D eigenvalue weighted by Gasteiger charge is 1.71. The van der Waals surface area contributed by atoms with E-state index in [4.69, 9.17) is 9.90 Å². The van der Waals surface area contributed by atoms with E-state index in [1.54, 1.807) is 0 Å². The van der Waals surface area contributed by atoms with Gasteiger partial charge in [0.1, 0.15) is 0 Å². The van der Waals surface area contributed by atoms with Gasteiger partial charge in [0, 0.05) is 6.92 Å². The number of carbonyl (C=O) groups is 1. The first-order valence-electron chi connectivity index (χ1n) is 0.908. The highest BCUT2D eigenvalue weighted by molar-refractivity contribution is 5.62. The fraction of sp³-hybridized carbons (Fsp3) is 0.500. The van der Waals surface area contributed by atoms with E-state index in [1.165, 1.54) is 0 Å². The first kappa shape index (κ1) is 3.47. The first-order chi connectivity index (χ1) is 1.73. The van der Waals surface area contributed by atoms with E-state index in [1.807, 2.05) is 0 Å². The zero-order valence-corrected chi connectivity index (χ0v) is 2.32. The Balaban J connectivity index is 2.80. The van der Waals surface area contributed by atoms with Crippen molar-refractivity contribution in [2.45, 2.75) is 6.92 Å². The van der Waals surface area contributed by atoms with Crippen molar-refractivity contribution in [2.24, 2.45) is 0 Å². The lowest BCUT2D eigenvalue weighted by Crippen LogP contribution is -1.74. The fourth-order valence-corrected chi connectivity index (χ4v) is 0. The lowest BCUT2D eigenvalue weighted by Gasteiger charge is -1.50. The minimum atomic E-state index is -1.08. The van der Waals surface area contributed by atoms with Gasteiger partial charge in [0.05, 0.1) is 0 Å². The molecule has 0 aromatic carbocycles. The SMILES string of the molecule is CC(=O)[3O]. The van der Waals surface area contributed by atoms with Crippen molar-refractivity contribution in [3.63, 3.8) is 0 Å². The van der Waals surface area contributed by atoms with Crippen molar-refractivity contribution in [3.05, 3.63) is 0 Å². The molecular formula is C2H3O2. The maximum atomic E-state index is 8.89.